The number of nitrogens with zero attached hydrogens (tertiary/aromatic N) is 2. The second-order valence-electron chi connectivity index (χ2n) is 3.72. The van der Waals surface area contributed by atoms with E-state index < -0.39 is 0 Å². The number of fused-ring (bicyclic) bond motifs is 6. The third-order valence-corrected chi connectivity index (χ3v) is 5.38. The maximum absolute atomic E-state index is 4.43. The fourth-order valence-electron chi connectivity index (χ4n) is 2.07. The highest BCUT2D eigenvalue weighted by molar-refractivity contribution is 7.26. The Morgan fingerprint density at radius 1 is 1.00 bits per heavy atom. The van der Waals surface area contributed by atoms with Crippen LogP contribution in [0.2, 0.25) is 0 Å². The van der Waals surface area contributed by atoms with Gasteiger partial charge in [0.15, 0.2) is 0 Å². The molecule has 1 aromatic carbocycles. The van der Waals surface area contributed by atoms with Gasteiger partial charge in [0.2, 0.25) is 0 Å². The molecule has 0 saturated heterocycles. The van der Waals surface area contributed by atoms with Crippen LogP contribution in [0.15, 0.2) is 17.5 Å². The van der Waals surface area contributed by atoms with Gasteiger partial charge in [-0.15, -0.1) is 22.7 Å². The molecule has 0 fully saturated rings. The zero-order valence-corrected chi connectivity index (χ0v) is 12.8. The quantitative estimate of drug-likeness (QED) is 0.430. The Kier molecular flexibility index (Phi) is 3.05. The van der Waals surface area contributed by atoms with Crippen molar-refractivity contribution >= 4 is 65.6 Å². The van der Waals surface area contributed by atoms with E-state index in [0.717, 1.165) is 11.0 Å². The summed E-state index contributed by atoms with van der Waals surface area (Å²) in [6, 6.07) is 4.38. The summed E-state index contributed by atoms with van der Waals surface area (Å²) in [7, 11) is 0. The molecule has 0 N–H and O–H groups in total. The van der Waals surface area contributed by atoms with Crippen molar-refractivity contribution in [3.05, 3.63) is 22.4 Å². The molecule has 0 bridgehead atoms. The molecule has 0 aliphatic heterocycles. The molecule has 5 heteroatoms. The van der Waals surface area contributed by atoms with Gasteiger partial charge in [-0.25, -0.2) is 0 Å². The van der Waals surface area contributed by atoms with Gasteiger partial charge >= 0.3 is 0 Å². The lowest BCUT2D eigenvalue weighted by Crippen LogP contribution is -1.72. The SMILES string of the molecule is CC.Cc1cc2c3nsnc3c3ccsc3c2s1. The molecule has 0 atom stereocenters. The number of rotatable bonds is 0. The molecule has 0 unspecified atom stereocenters. The first kappa shape index (κ1) is 12.0. The Balaban J connectivity index is 0.000000478. The van der Waals surface area contributed by atoms with Gasteiger partial charge in [-0.3, -0.25) is 0 Å². The molecule has 0 aliphatic rings. The molecule has 4 aromatic rings. The summed E-state index contributed by atoms with van der Waals surface area (Å²) >= 11 is 4.95. The summed E-state index contributed by atoms with van der Waals surface area (Å²) in [6.45, 7) is 6.15. The minimum absolute atomic E-state index is 1.06. The first-order valence-corrected chi connectivity index (χ1v) is 8.29. The smallest absolute Gasteiger partial charge is 0.114 e. The van der Waals surface area contributed by atoms with Crippen LogP contribution in [0.1, 0.15) is 18.7 Å². The van der Waals surface area contributed by atoms with Gasteiger partial charge in [0.1, 0.15) is 11.0 Å². The summed E-state index contributed by atoms with van der Waals surface area (Å²) < 4.78 is 11.6. The van der Waals surface area contributed by atoms with Crippen LogP contribution in [0.25, 0.3) is 31.2 Å². The van der Waals surface area contributed by atoms with Gasteiger partial charge in [0.05, 0.1) is 21.1 Å². The Bertz CT molecular complexity index is 755. The van der Waals surface area contributed by atoms with Gasteiger partial charge in [-0.2, -0.15) is 8.75 Å². The Morgan fingerprint density at radius 3 is 2.50 bits per heavy atom. The van der Waals surface area contributed by atoms with Gasteiger partial charge < -0.3 is 0 Å². The van der Waals surface area contributed by atoms with E-state index in [1.54, 1.807) is 11.3 Å². The summed E-state index contributed by atoms with van der Waals surface area (Å²) in [4.78, 5) is 1.34. The molecular weight excluding hydrogens is 280 g/mol. The number of benzene rings is 1. The van der Waals surface area contributed by atoms with Gasteiger partial charge in [0.25, 0.3) is 0 Å². The van der Waals surface area contributed by atoms with Gasteiger partial charge in [-0.05, 0) is 24.4 Å². The maximum Gasteiger partial charge on any atom is 0.114 e. The lowest BCUT2D eigenvalue weighted by Gasteiger charge is -1.94. The van der Waals surface area contributed by atoms with E-state index in [2.05, 4.69) is 33.2 Å². The number of hydrogen-bond acceptors (Lipinski definition) is 5. The molecule has 2 nitrogen and oxygen atoms in total. The monoisotopic (exact) mass is 292 g/mol. The molecule has 0 aliphatic carbocycles. The molecule has 92 valence electrons. The van der Waals surface area contributed by atoms with Crippen molar-refractivity contribution in [1.82, 2.24) is 8.75 Å². The first-order chi connectivity index (χ1) is 8.84. The molecule has 0 spiro atoms. The fraction of sp³-hybridized carbons (Fsp3) is 0.231. The van der Waals surface area contributed by atoms with Crippen LogP contribution >= 0.6 is 34.4 Å². The minimum atomic E-state index is 1.06. The lowest BCUT2D eigenvalue weighted by atomic mass is 10.1. The number of aryl methyl sites for hydroxylation is 1. The summed E-state index contributed by atoms with van der Waals surface area (Å²) in [5.41, 5.74) is 2.13. The second kappa shape index (κ2) is 4.57. The standard InChI is InChI=1S/C11H6N2S3.C2H6/c1-5-4-7-9-8(12-16-13-9)6-2-3-14-10(6)11(7)15-5;1-2/h2-4H,1H3;1-2H3. The van der Waals surface area contributed by atoms with E-state index in [1.165, 1.54) is 36.8 Å². The average molecular weight is 292 g/mol. The van der Waals surface area contributed by atoms with E-state index in [1.807, 2.05) is 25.2 Å². The van der Waals surface area contributed by atoms with Crippen molar-refractivity contribution in [1.29, 1.82) is 0 Å². The highest BCUT2D eigenvalue weighted by Crippen LogP contribution is 2.40. The van der Waals surface area contributed by atoms with Crippen molar-refractivity contribution in [2.45, 2.75) is 20.8 Å². The van der Waals surface area contributed by atoms with Crippen LogP contribution in [0.3, 0.4) is 0 Å². The van der Waals surface area contributed by atoms with Crippen LogP contribution < -0.4 is 0 Å². The predicted molar refractivity (Wildman–Crippen MR) is 84.3 cm³/mol. The Morgan fingerprint density at radius 2 is 1.72 bits per heavy atom. The van der Waals surface area contributed by atoms with E-state index in [9.17, 15) is 0 Å². The van der Waals surface area contributed by atoms with Crippen LogP contribution in [0, 0.1) is 6.92 Å². The molecule has 3 aromatic heterocycles. The normalized spacial score (nSPS) is 11.1. The summed E-state index contributed by atoms with van der Waals surface area (Å²) in [6.07, 6.45) is 0. The van der Waals surface area contributed by atoms with Crippen molar-refractivity contribution < 1.29 is 0 Å². The zero-order valence-electron chi connectivity index (χ0n) is 10.4. The van der Waals surface area contributed by atoms with Crippen LogP contribution in [0.4, 0.5) is 0 Å². The van der Waals surface area contributed by atoms with Crippen molar-refractivity contribution in [3.8, 4) is 0 Å². The van der Waals surface area contributed by atoms with E-state index in [0.29, 0.717) is 0 Å². The van der Waals surface area contributed by atoms with Gasteiger partial charge in [0, 0.05) is 15.6 Å². The van der Waals surface area contributed by atoms with Gasteiger partial charge in [-0.1, -0.05) is 13.8 Å². The summed E-state index contributed by atoms with van der Waals surface area (Å²) in [5.74, 6) is 0. The molecule has 4 rings (SSSR count). The molecule has 0 amide bonds. The number of aromatic nitrogens is 2. The first-order valence-electron chi connectivity index (χ1n) is 5.86. The number of thiophene rings is 2. The highest BCUT2D eigenvalue weighted by Gasteiger charge is 2.14. The average Bonchev–Trinajstić information content (AvgIpc) is 3.07. The second-order valence-corrected chi connectivity index (χ2v) is 6.43. The largest absolute Gasteiger partial charge is 0.172 e. The van der Waals surface area contributed by atoms with E-state index in [-0.39, 0.29) is 0 Å². The lowest BCUT2D eigenvalue weighted by molar-refractivity contribution is 1.50. The third-order valence-electron chi connectivity index (χ3n) is 2.73. The van der Waals surface area contributed by atoms with Crippen LogP contribution in [0.5, 0.6) is 0 Å². The van der Waals surface area contributed by atoms with Crippen LogP contribution in [-0.4, -0.2) is 8.75 Å². The Labute approximate surface area is 117 Å². The maximum atomic E-state index is 4.43. The van der Waals surface area contributed by atoms with Crippen molar-refractivity contribution in [2.24, 2.45) is 0 Å². The fourth-order valence-corrected chi connectivity index (χ4v) is 4.73. The topological polar surface area (TPSA) is 25.8 Å². The van der Waals surface area contributed by atoms with Crippen LogP contribution in [-0.2, 0) is 0 Å². The minimum Gasteiger partial charge on any atom is -0.172 e. The van der Waals surface area contributed by atoms with E-state index in [4.69, 9.17) is 0 Å². The number of hydrogen-bond donors (Lipinski definition) is 0. The third kappa shape index (κ3) is 1.58. The van der Waals surface area contributed by atoms with Crippen molar-refractivity contribution in [3.63, 3.8) is 0 Å². The highest BCUT2D eigenvalue weighted by atomic mass is 32.1. The van der Waals surface area contributed by atoms with E-state index >= 15 is 0 Å². The molecule has 3 heterocycles. The molecule has 0 saturated carbocycles. The molecule has 0 radical (unpaired) electrons. The molecule has 18 heavy (non-hydrogen) atoms. The molecular formula is C13H12N2S3. The zero-order chi connectivity index (χ0) is 12.7. The van der Waals surface area contributed by atoms with Crippen molar-refractivity contribution in [2.75, 3.05) is 0 Å². The predicted octanol–water partition coefficient (Wildman–Crippen LogP) is 5.46. The summed E-state index contributed by atoms with van der Waals surface area (Å²) in [5, 5.41) is 4.65. The Hall–Kier alpha value is -1.04.